The lowest BCUT2D eigenvalue weighted by molar-refractivity contribution is -0.0149. The third kappa shape index (κ3) is 5.28. The molecule has 0 bridgehead atoms. The highest BCUT2D eigenvalue weighted by molar-refractivity contribution is 6.70. The van der Waals surface area contributed by atoms with Crippen LogP contribution in [-0.4, -0.2) is 64.6 Å². The molecule has 1 rings (SSSR count). The number of methoxy groups -OCH3 is 1. The fourth-order valence-corrected chi connectivity index (χ4v) is 6.97. The molecule has 0 aromatic heterocycles. The molecule has 2 unspecified atom stereocenters. The maximum atomic E-state index is 9.45. The van der Waals surface area contributed by atoms with Gasteiger partial charge >= 0.3 is 8.56 Å². The van der Waals surface area contributed by atoms with E-state index in [0.717, 1.165) is 25.3 Å². The van der Waals surface area contributed by atoms with Crippen LogP contribution < -0.4 is 0 Å². The van der Waals surface area contributed by atoms with E-state index in [1.165, 1.54) is 12.8 Å². The van der Waals surface area contributed by atoms with E-state index in [1.807, 2.05) is 0 Å². The minimum Gasteiger partial charge on any atom is -0.396 e. The zero-order chi connectivity index (χ0) is 16.4. The molecular weight excluding hydrogens is 292 g/mol. The van der Waals surface area contributed by atoms with Crippen LogP contribution in [0.25, 0.3) is 0 Å². The third-order valence-corrected chi connectivity index (χ3v) is 8.56. The molecule has 2 N–H and O–H groups in total. The van der Waals surface area contributed by atoms with Gasteiger partial charge in [0.05, 0.1) is 6.61 Å². The summed E-state index contributed by atoms with van der Waals surface area (Å²) in [6.45, 7) is 1.15. The summed E-state index contributed by atoms with van der Waals surface area (Å²) in [5.41, 5.74) is 0. The Bertz CT molecular complexity index is 254. The Morgan fingerprint density at radius 1 is 1.24 bits per heavy atom. The molecule has 0 aromatic rings. The van der Waals surface area contributed by atoms with Gasteiger partial charge < -0.3 is 23.8 Å². The Hall–Kier alpha value is -0.0231. The second kappa shape index (κ2) is 10.7. The van der Waals surface area contributed by atoms with Crippen molar-refractivity contribution in [3.63, 3.8) is 0 Å². The van der Waals surface area contributed by atoms with Crippen molar-refractivity contribution in [2.24, 2.45) is 0 Å². The van der Waals surface area contributed by atoms with Crippen LogP contribution in [0.5, 0.6) is 0 Å². The molecule has 7 heteroatoms. The van der Waals surface area contributed by atoms with Gasteiger partial charge in [-0.15, -0.1) is 0 Å². The second-order valence-corrected chi connectivity index (χ2v) is 9.05. The van der Waals surface area contributed by atoms with Crippen molar-refractivity contribution in [3.05, 3.63) is 0 Å². The molecule has 0 aliphatic carbocycles. The lowest BCUT2D eigenvalue weighted by Gasteiger charge is -2.47. The molecule has 6 nitrogen and oxygen atoms in total. The molecule has 0 saturated carbocycles. The average molecular weight is 323 g/mol. The highest BCUT2D eigenvalue weighted by atomic mass is 28.4. The first-order valence-electron chi connectivity index (χ1n) is 7.53. The SMILES string of the molecule is CCCC1(OC)CCCC[Si]1(OC)OC.[O]CC(O)CO. The maximum Gasteiger partial charge on any atom is 0.370 e. The molecular formula is C14H31O6Si. The summed E-state index contributed by atoms with van der Waals surface area (Å²) < 4.78 is 17.4. The average Bonchev–Trinajstić information content (AvgIpc) is 2.55. The maximum absolute atomic E-state index is 9.45. The predicted octanol–water partition coefficient (Wildman–Crippen LogP) is 1.40. The first kappa shape index (κ1) is 21.0. The fourth-order valence-electron chi connectivity index (χ4n) is 2.98. The zero-order valence-electron chi connectivity index (χ0n) is 13.8. The lowest BCUT2D eigenvalue weighted by atomic mass is 10.1. The van der Waals surface area contributed by atoms with Gasteiger partial charge in [0.15, 0.2) is 0 Å². The summed E-state index contributed by atoms with van der Waals surface area (Å²) in [7, 11) is 3.22. The first-order valence-corrected chi connectivity index (χ1v) is 9.56. The monoisotopic (exact) mass is 323 g/mol. The Morgan fingerprint density at radius 3 is 2.19 bits per heavy atom. The van der Waals surface area contributed by atoms with Crippen LogP contribution in [0, 0.1) is 0 Å². The van der Waals surface area contributed by atoms with E-state index < -0.39 is 27.9 Å². The van der Waals surface area contributed by atoms with Crippen LogP contribution in [0.15, 0.2) is 0 Å². The molecule has 1 radical (unpaired) electrons. The van der Waals surface area contributed by atoms with Gasteiger partial charge in [-0.3, -0.25) is 0 Å². The van der Waals surface area contributed by atoms with Crippen LogP contribution in [-0.2, 0) is 18.7 Å². The van der Waals surface area contributed by atoms with E-state index in [2.05, 4.69) is 6.92 Å². The fraction of sp³-hybridized carbons (Fsp3) is 1.00. The number of aliphatic hydroxyl groups excluding tert-OH is 2. The van der Waals surface area contributed by atoms with E-state index >= 15 is 0 Å². The summed E-state index contributed by atoms with van der Waals surface area (Å²) >= 11 is 0. The minimum atomic E-state index is -2.15. The minimum absolute atomic E-state index is 0.122. The number of ether oxygens (including phenoxy) is 1. The van der Waals surface area contributed by atoms with E-state index in [-0.39, 0.29) is 5.22 Å². The highest BCUT2D eigenvalue weighted by Gasteiger charge is 2.58. The number of hydrogen-bond acceptors (Lipinski definition) is 5. The highest BCUT2D eigenvalue weighted by Crippen LogP contribution is 2.42. The van der Waals surface area contributed by atoms with Crippen molar-refractivity contribution in [3.8, 4) is 0 Å². The Labute approximate surface area is 129 Å². The van der Waals surface area contributed by atoms with Crippen molar-refractivity contribution < 1.29 is 28.9 Å². The third-order valence-electron chi connectivity index (χ3n) is 4.14. The van der Waals surface area contributed by atoms with Crippen molar-refractivity contribution in [2.75, 3.05) is 34.5 Å². The normalized spacial score (nSPS) is 24.6. The molecule has 127 valence electrons. The number of aliphatic hydroxyl groups is 2. The van der Waals surface area contributed by atoms with Gasteiger partial charge in [-0.1, -0.05) is 26.2 Å². The van der Waals surface area contributed by atoms with E-state index in [4.69, 9.17) is 23.8 Å². The Balaban J connectivity index is 0.000000567. The number of rotatable bonds is 7. The smallest absolute Gasteiger partial charge is 0.370 e. The number of hydrogen-bond donors (Lipinski definition) is 2. The molecule has 21 heavy (non-hydrogen) atoms. The second-order valence-electron chi connectivity index (χ2n) is 5.32. The quantitative estimate of drug-likeness (QED) is 0.691. The summed E-state index contributed by atoms with van der Waals surface area (Å²) in [4.78, 5) is 0. The van der Waals surface area contributed by atoms with Gasteiger partial charge in [-0.25, -0.2) is 5.11 Å². The van der Waals surface area contributed by atoms with Crippen LogP contribution in [0.2, 0.25) is 6.04 Å². The molecule has 2 atom stereocenters. The van der Waals surface area contributed by atoms with Crippen molar-refractivity contribution in [2.45, 2.75) is 56.4 Å². The van der Waals surface area contributed by atoms with Crippen molar-refractivity contribution in [1.29, 1.82) is 0 Å². The molecule has 1 aliphatic rings. The first-order chi connectivity index (χ1) is 10.0. The van der Waals surface area contributed by atoms with Gasteiger partial charge in [0.1, 0.15) is 17.9 Å². The molecule has 0 aromatic carbocycles. The van der Waals surface area contributed by atoms with Crippen molar-refractivity contribution >= 4 is 8.56 Å². The summed E-state index contributed by atoms with van der Waals surface area (Å²) in [6, 6.07) is 1.06. The Morgan fingerprint density at radius 2 is 1.86 bits per heavy atom. The van der Waals surface area contributed by atoms with Gasteiger partial charge in [0.2, 0.25) is 0 Å². The van der Waals surface area contributed by atoms with E-state index in [9.17, 15) is 5.11 Å². The zero-order valence-corrected chi connectivity index (χ0v) is 14.8. The molecule has 0 spiro atoms. The van der Waals surface area contributed by atoms with E-state index in [0.29, 0.717) is 0 Å². The van der Waals surface area contributed by atoms with Gasteiger partial charge in [0, 0.05) is 21.3 Å². The largest absolute Gasteiger partial charge is 0.396 e. The van der Waals surface area contributed by atoms with Crippen molar-refractivity contribution in [1.82, 2.24) is 0 Å². The standard InChI is InChI=1S/C11H24O3Si.C3H7O3/c1-5-8-11(12-2)9-6-7-10-15(11,13-3)14-4;4-1-3(6)2-5/h5-10H2,1-4H3;3-4,6H,1-2H2. The summed E-state index contributed by atoms with van der Waals surface area (Å²) in [6.07, 6.45) is 4.64. The molecule has 1 heterocycles. The van der Waals surface area contributed by atoms with Crippen LogP contribution in [0.3, 0.4) is 0 Å². The van der Waals surface area contributed by atoms with Crippen LogP contribution in [0.4, 0.5) is 0 Å². The topological polar surface area (TPSA) is 88.1 Å². The van der Waals surface area contributed by atoms with Gasteiger partial charge in [0.25, 0.3) is 0 Å². The molecule has 1 fully saturated rings. The summed E-state index contributed by atoms with van der Waals surface area (Å²) in [5.74, 6) is 0. The van der Waals surface area contributed by atoms with Gasteiger partial charge in [-0.2, -0.15) is 0 Å². The lowest BCUT2D eigenvalue weighted by Crippen LogP contribution is -2.64. The predicted molar refractivity (Wildman–Crippen MR) is 81.7 cm³/mol. The molecule has 0 amide bonds. The summed E-state index contributed by atoms with van der Waals surface area (Å²) in [5, 5.41) is 25.3. The Kier molecular flexibility index (Phi) is 10.6. The molecule has 1 aliphatic heterocycles. The van der Waals surface area contributed by atoms with E-state index in [1.54, 1.807) is 21.3 Å². The molecule has 1 saturated heterocycles. The van der Waals surface area contributed by atoms with Gasteiger partial charge in [-0.05, 0) is 18.9 Å². The van der Waals surface area contributed by atoms with Crippen LogP contribution >= 0.6 is 0 Å². The van der Waals surface area contributed by atoms with Crippen LogP contribution in [0.1, 0.15) is 39.0 Å².